The van der Waals surface area contributed by atoms with Crippen LogP contribution in [0.4, 0.5) is 4.79 Å². The fourth-order valence-corrected chi connectivity index (χ4v) is 1.90. The monoisotopic (exact) mass is 242 g/mol. The number of hydrogen-bond acceptors (Lipinski definition) is 3. The Morgan fingerprint density at radius 1 is 1.41 bits per heavy atom. The van der Waals surface area contributed by atoms with Crippen LogP contribution >= 0.6 is 0 Å². The van der Waals surface area contributed by atoms with Gasteiger partial charge in [-0.1, -0.05) is 13.3 Å². The van der Waals surface area contributed by atoms with Crippen LogP contribution in [-0.2, 0) is 9.53 Å². The molecule has 17 heavy (non-hydrogen) atoms. The molecule has 0 aromatic rings. The molecule has 1 atom stereocenters. The summed E-state index contributed by atoms with van der Waals surface area (Å²) in [4.78, 5) is 24.6. The van der Waals surface area contributed by atoms with E-state index in [2.05, 4.69) is 12.2 Å². The van der Waals surface area contributed by atoms with Gasteiger partial charge in [0.1, 0.15) is 0 Å². The molecule has 5 heteroatoms. The summed E-state index contributed by atoms with van der Waals surface area (Å²) in [5, 5.41) is 2.95. The molecule has 2 amide bonds. The number of nitrogens with zero attached hydrogens (tertiary/aromatic N) is 1. The first kappa shape index (κ1) is 13.8. The van der Waals surface area contributed by atoms with E-state index in [1.165, 1.54) is 0 Å². The van der Waals surface area contributed by atoms with Gasteiger partial charge in [0.25, 0.3) is 0 Å². The van der Waals surface area contributed by atoms with Gasteiger partial charge >= 0.3 is 6.09 Å². The summed E-state index contributed by atoms with van der Waals surface area (Å²) < 4.78 is 4.92. The van der Waals surface area contributed by atoms with E-state index in [1.54, 1.807) is 11.8 Å². The van der Waals surface area contributed by atoms with Gasteiger partial charge in [0.15, 0.2) is 0 Å². The molecule has 0 spiro atoms. The quantitative estimate of drug-likeness (QED) is 0.795. The van der Waals surface area contributed by atoms with Crippen molar-refractivity contribution in [1.82, 2.24) is 10.2 Å². The molecule has 1 N–H and O–H groups in total. The summed E-state index contributed by atoms with van der Waals surface area (Å²) in [6.45, 7) is 5.47. The molecule has 1 fully saturated rings. The Morgan fingerprint density at radius 3 is 2.82 bits per heavy atom. The van der Waals surface area contributed by atoms with E-state index in [1.807, 2.05) is 0 Å². The van der Waals surface area contributed by atoms with E-state index in [0.29, 0.717) is 26.1 Å². The van der Waals surface area contributed by atoms with E-state index < -0.39 is 0 Å². The molecule has 1 aliphatic rings. The lowest BCUT2D eigenvalue weighted by Gasteiger charge is -2.16. The normalized spacial score (nSPS) is 19.2. The third-order valence-corrected chi connectivity index (χ3v) is 2.84. The Labute approximate surface area is 102 Å². The van der Waals surface area contributed by atoms with E-state index in [9.17, 15) is 9.59 Å². The molecular weight excluding hydrogens is 220 g/mol. The maximum atomic E-state index is 11.5. The molecule has 1 saturated heterocycles. The maximum Gasteiger partial charge on any atom is 0.409 e. The number of carbonyl (C=O) groups excluding carboxylic acids is 2. The van der Waals surface area contributed by atoms with Crippen molar-refractivity contribution in [2.24, 2.45) is 0 Å². The van der Waals surface area contributed by atoms with Crippen molar-refractivity contribution in [2.75, 3.05) is 19.7 Å². The minimum atomic E-state index is -0.280. The standard InChI is InChI=1S/C12H22N2O3/c1-3-5-6-11(15)13-10-7-8-14(9-10)12(16)17-4-2/h10H,3-9H2,1-2H3,(H,13,15). The number of hydrogen-bond donors (Lipinski definition) is 1. The van der Waals surface area contributed by atoms with Gasteiger partial charge in [0, 0.05) is 25.6 Å². The van der Waals surface area contributed by atoms with Gasteiger partial charge in [-0.15, -0.1) is 0 Å². The van der Waals surface area contributed by atoms with E-state index >= 15 is 0 Å². The summed E-state index contributed by atoms with van der Waals surface area (Å²) in [6, 6.07) is 0.0868. The highest BCUT2D eigenvalue weighted by Gasteiger charge is 2.27. The zero-order chi connectivity index (χ0) is 12.7. The molecule has 0 aromatic carbocycles. The van der Waals surface area contributed by atoms with Crippen LogP contribution in [0.25, 0.3) is 0 Å². The Kier molecular flexibility index (Phi) is 5.80. The zero-order valence-corrected chi connectivity index (χ0v) is 10.7. The number of amides is 2. The molecule has 0 bridgehead atoms. The predicted molar refractivity (Wildman–Crippen MR) is 64.7 cm³/mol. The number of likely N-dealkylation sites (tertiary alicyclic amines) is 1. The summed E-state index contributed by atoms with van der Waals surface area (Å²) in [5.74, 6) is 0.0857. The molecule has 1 heterocycles. The highest BCUT2D eigenvalue weighted by molar-refractivity contribution is 5.76. The maximum absolute atomic E-state index is 11.5. The highest BCUT2D eigenvalue weighted by atomic mass is 16.6. The lowest BCUT2D eigenvalue weighted by molar-refractivity contribution is -0.121. The predicted octanol–water partition coefficient (Wildman–Crippen LogP) is 1.52. The first-order valence-corrected chi connectivity index (χ1v) is 6.38. The molecule has 0 aromatic heterocycles. The average molecular weight is 242 g/mol. The topological polar surface area (TPSA) is 58.6 Å². The molecule has 0 aliphatic carbocycles. The van der Waals surface area contributed by atoms with E-state index in [-0.39, 0.29) is 18.0 Å². The van der Waals surface area contributed by atoms with Gasteiger partial charge in [0.2, 0.25) is 5.91 Å². The average Bonchev–Trinajstić information content (AvgIpc) is 2.75. The van der Waals surface area contributed by atoms with Crippen molar-refractivity contribution in [2.45, 2.75) is 45.6 Å². The largest absolute Gasteiger partial charge is 0.450 e. The van der Waals surface area contributed by atoms with Gasteiger partial charge in [-0.05, 0) is 19.8 Å². The second-order valence-electron chi connectivity index (χ2n) is 4.30. The minimum Gasteiger partial charge on any atom is -0.450 e. The minimum absolute atomic E-state index is 0.0857. The summed E-state index contributed by atoms with van der Waals surface area (Å²) in [7, 11) is 0. The number of ether oxygens (including phenoxy) is 1. The van der Waals surface area contributed by atoms with Crippen LogP contribution in [0.1, 0.15) is 39.5 Å². The van der Waals surface area contributed by atoms with Crippen LogP contribution in [0.5, 0.6) is 0 Å². The molecule has 0 radical (unpaired) electrons. The molecule has 1 rings (SSSR count). The Hall–Kier alpha value is -1.26. The van der Waals surface area contributed by atoms with E-state index in [0.717, 1.165) is 19.3 Å². The van der Waals surface area contributed by atoms with Gasteiger partial charge < -0.3 is 15.0 Å². The highest BCUT2D eigenvalue weighted by Crippen LogP contribution is 2.11. The van der Waals surface area contributed by atoms with E-state index in [4.69, 9.17) is 4.74 Å². The molecular formula is C12H22N2O3. The zero-order valence-electron chi connectivity index (χ0n) is 10.7. The molecule has 1 aliphatic heterocycles. The fourth-order valence-electron chi connectivity index (χ4n) is 1.90. The van der Waals surface area contributed by atoms with Crippen molar-refractivity contribution in [3.8, 4) is 0 Å². The van der Waals surface area contributed by atoms with Crippen molar-refractivity contribution in [3.05, 3.63) is 0 Å². The van der Waals surface area contributed by atoms with Crippen molar-refractivity contribution in [3.63, 3.8) is 0 Å². The van der Waals surface area contributed by atoms with Crippen LogP contribution in [0.3, 0.4) is 0 Å². The van der Waals surface area contributed by atoms with Crippen molar-refractivity contribution >= 4 is 12.0 Å². The van der Waals surface area contributed by atoms with Gasteiger partial charge in [0.05, 0.1) is 6.61 Å². The fraction of sp³-hybridized carbons (Fsp3) is 0.833. The summed E-state index contributed by atoms with van der Waals surface area (Å²) in [6.07, 6.45) is 3.05. The number of carbonyl (C=O) groups is 2. The van der Waals surface area contributed by atoms with Gasteiger partial charge in [-0.3, -0.25) is 4.79 Å². The first-order chi connectivity index (χ1) is 8.17. The van der Waals surface area contributed by atoms with Crippen LogP contribution in [0, 0.1) is 0 Å². The Balaban J connectivity index is 2.25. The van der Waals surface area contributed by atoms with Crippen LogP contribution in [0.15, 0.2) is 0 Å². The van der Waals surface area contributed by atoms with Gasteiger partial charge in [-0.2, -0.15) is 0 Å². The second-order valence-corrected chi connectivity index (χ2v) is 4.30. The molecule has 98 valence electrons. The van der Waals surface area contributed by atoms with Crippen LogP contribution in [-0.4, -0.2) is 42.6 Å². The number of unbranched alkanes of at least 4 members (excludes halogenated alkanes) is 1. The van der Waals surface area contributed by atoms with Crippen LogP contribution in [0.2, 0.25) is 0 Å². The molecule has 0 saturated carbocycles. The lowest BCUT2D eigenvalue weighted by Crippen LogP contribution is -2.38. The third kappa shape index (κ3) is 4.63. The lowest BCUT2D eigenvalue weighted by atomic mass is 10.2. The molecule has 5 nitrogen and oxygen atoms in total. The molecule has 1 unspecified atom stereocenters. The van der Waals surface area contributed by atoms with Crippen molar-refractivity contribution in [1.29, 1.82) is 0 Å². The second kappa shape index (κ2) is 7.14. The Bertz CT molecular complexity index is 268. The summed E-state index contributed by atoms with van der Waals surface area (Å²) in [5.41, 5.74) is 0. The van der Waals surface area contributed by atoms with Crippen LogP contribution < -0.4 is 5.32 Å². The number of nitrogens with one attached hydrogen (secondary N) is 1. The first-order valence-electron chi connectivity index (χ1n) is 6.38. The number of rotatable bonds is 5. The smallest absolute Gasteiger partial charge is 0.409 e. The van der Waals surface area contributed by atoms with Gasteiger partial charge in [-0.25, -0.2) is 4.79 Å². The third-order valence-electron chi connectivity index (χ3n) is 2.84. The van der Waals surface area contributed by atoms with Crippen molar-refractivity contribution < 1.29 is 14.3 Å². The SMILES string of the molecule is CCCCC(=O)NC1CCN(C(=O)OCC)C1. The summed E-state index contributed by atoms with van der Waals surface area (Å²) >= 11 is 0. The Morgan fingerprint density at radius 2 is 2.18 bits per heavy atom.